The third-order valence-corrected chi connectivity index (χ3v) is 1.15. The molecule has 0 amide bonds. The molecule has 64 valence electrons. The highest BCUT2D eigenvalue weighted by atomic mass is 16.5. The standard InChI is InChI=1S/C7H14N2O2/c1-2-3-4-11-7(10)6(9)5-8/h5H,2-4,8-9H2,1H3/b6-5-. The van der Waals surface area contributed by atoms with Gasteiger partial charge in [-0.3, -0.25) is 0 Å². The molecule has 0 bridgehead atoms. The Morgan fingerprint density at radius 1 is 1.64 bits per heavy atom. The van der Waals surface area contributed by atoms with Gasteiger partial charge in [0.15, 0.2) is 0 Å². The average Bonchev–Trinajstić information content (AvgIpc) is 2.03. The minimum absolute atomic E-state index is 0.0406. The molecule has 0 saturated carbocycles. The van der Waals surface area contributed by atoms with Crippen LogP contribution in [0.2, 0.25) is 0 Å². The minimum atomic E-state index is -0.541. The largest absolute Gasteiger partial charge is 0.461 e. The van der Waals surface area contributed by atoms with Crippen molar-refractivity contribution in [3.8, 4) is 0 Å². The normalized spacial score (nSPS) is 11.2. The van der Waals surface area contributed by atoms with Crippen LogP contribution in [-0.4, -0.2) is 12.6 Å². The van der Waals surface area contributed by atoms with Gasteiger partial charge in [-0.15, -0.1) is 0 Å². The van der Waals surface area contributed by atoms with Gasteiger partial charge < -0.3 is 16.2 Å². The van der Waals surface area contributed by atoms with E-state index in [1.54, 1.807) is 0 Å². The lowest BCUT2D eigenvalue weighted by molar-refractivity contribution is -0.139. The van der Waals surface area contributed by atoms with Gasteiger partial charge in [0.05, 0.1) is 6.61 Å². The number of esters is 1. The zero-order valence-electron chi connectivity index (χ0n) is 6.67. The van der Waals surface area contributed by atoms with Gasteiger partial charge in [-0.2, -0.15) is 0 Å². The van der Waals surface area contributed by atoms with Gasteiger partial charge in [-0.05, 0) is 6.42 Å². The zero-order chi connectivity index (χ0) is 8.69. The smallest absolute Gasteiger partial charge is 0.355 e. The number of ether oxygens (including phenoxy) is 1. The summed E-state index contributed by atoms with van der Waals surface area (Å²) in [5.41, 5.74) is 10.1. The van der Waals surface area contributed by atoms with Crippen LogP contribution in [0.15, 0.2) is 11.9 Å². The van der Waals surface area contributed by atoms with Crippen LogP contribution in [0.4, 0.5) is 0 Å². The number of unbranched alkanes of at least 4 members (excludes halogenated alkanes) is 1. The fourth-order valence-electron chi connectivity index (χ4n) is 0.461. The molecule has 0 aromatic carbocycles. The summed E-state index contributed by atoms with van der Waals surface area (Å²) in [6.07, 6.45) is 2.87. The summed E-state index contributed by atoms with van der Waals surface area (Å²) in [6.45, 7) is 2.42. The molecular formula is C7H14N2O2. The molecule has 0 aliphatic rings. The first kappa shape index (κ1) is 9.81. The lowest BCUT2D eigenvalue weighted by atomic mass is 10.4. The van der Waals surface area contributed by atoms with Crippen LogP contribution < -0.4 is 11.5 Å². The molecule has 0 rings (SSSR count). The summed E-state index contributed by atoms with van der Waals surface area (Å²) in [5, 5.41) is 0. The summed E-state index contributed by atoms with van der Waals surface area (Å²) in [6, 6.07) is 0. The van der Waals surface area contributed by atoms with E-state index in [0.29, 0.717) is 6.61 Å². The molecule has 0 unspecified atom stereocenters. The molecule has 11 heavy (non-hydrogen) atoms. The van der Waals surface area contributed by atoms with Crippen molar-refractivity contribution in [3.63, 3.8) is 0 Å². The molecule has 4 nitrogen and oxygen atoms in total. The molecule has 0 atom stereocenters. The van der Waals surface area contributed by atoms with Crippen LogP contribution in [0.3, 0.4) is 0 Å². The van der Waals surface area contributed by atoms with Crippen molar-refractivity contribution in [2.75, 3.05) is 6.61 Å². The van der Waals surface area contributed by atoms with Crippen LogP contribution in [0, 0.1) is 0 Å². The SMILES string of the molecule is CCCCOC(=O)/C(N)=C/N. The lowest BCUT2D eigenvalue weighted by Crippen LogP contribution is -2.16. The third-order valence-electron chi connectivity index (χ3n) is 1.15. The fourth-order valence-corrected chi connectivity index (χ4v) is 0.461. The summed E-state index contributed by atoms with van der Waals surface area (Å²) in [4.78, 5) is 10.8. The van der Waals surface area contributed by atoms with Crippen LogP contribution >= 0.6 is 0 Å². The molecule has 0 fully saturated rings. The number of hydrogen-bond acceptors (Lipinski definition) is 4. The number of carbonyl (C=O) groups excluding carboxylic acids is 1. The Hall–Kier alpha value is -1.19. The lowest BCUT2D eigenvalue weighted by Gasteiger charge is -2.01. The van der Waals surface area contributed by atoms with Crippen molar-refractivity contribution < 1.29 is 9.53 Å². The predicted octanol–water partition coefficient (Wildman–Crippen LogP) is 0.0885. The van der Waals surface area contributed by atoms with Crippen LogP contribution in [0.5, 0.6) is 0 Å². The fraction of sp³-hybridized carbons (Fsp3) is 0.571. The molecule has 0 heterocycles. The first-order valence-corrected chi connectivity index (χ1v) is 3.56. The molecular weight excluding hydrogens is 144 g/mol. The predicted molar refractivity (Wildman–Crippen MR) is 42.3 cm³/mol. The molecule has 4 heteroatoms. The molecule has 0 radical (unpaired) electrons. The maximum absolute atomic E-state index is 10.8. The van der Waals surface area contributed by atoms with Gasteiger partial charge in [0.2, 0.25) is 0 Å². The topological polar surface area (TPSA) is 78.3 Å². The highest BCUT2D eigenvalue weighted by molar-refractivity contribution is 5.87. The summed E-state index contributed by atoms with van der Waals surface area (Å²) in [5.74, 6) is -0.541. The third kappa shape index (κ3) is 4.25. The van der Waals surface area contributed by atoms with Gasteiger partial charge in [-0.25, -0.2) is 4.79 Å². The van der Waals surface area contributed by atoms with Gasteiger partial charge in [0, 0.05) is 6.20 Å². The van der Waals surface area contributed by atoms with Crippen LogP contribution in [0.1, 0.15) is 19.8 Å². The minimum Gasteiger partial charge on any atom is -0.461 e. The van der Waals surface area contributed by atoms with E-state index in [9.17, 15) is 4.79 Å². The molecule has 0 aromatic heterocycles. The second-order valence-corrected chi connectivity index (χ2v) is 2.11. The van der Waals surface area contributed by atoms with Crippen molar-refractivity contribution in [2.45, 2.75) is 19.8 Å². The Bertz CT molecular complexity index is 155. The molecule has 0 spiro atoms. The maximum Gasteiger partial charge on any atom is 0.355 e. The van der Waals surface area contributed by atoms with E-state index in [2.05, 4.69) is 0 Å². The van der Waals surface area contributed by atoms with E-state index in [1.807, 2.05) is 6.92 Å². The second-order valence-electron chi connectivity index (χ2n) is 2.11. The first-order valence-electron chi connectivity index (χ1n) is 3.56. The Balaban J connectivity index is 3.53. The Labute approximate surface area is 66.2 Å². The number of nitrogens with two attached hydrogens (primary N) is 2. The number of rotatable bonds is 4. The summed E-state index contributed by atoms with van der Waals surface area (Å²) in [7, 11) is 0. The Morgan fingerprint density at radius 3 is 2.73 bits per heavy atom. The van der Waals surface area contributed by atoms with Crippen molar-refractivity contribution in [2.24, 2.45) is 11.5 Å². The van der Waals surface area contributed by atoms with Crippen molar-refractivity contribution >= 4 is 5.97 Å². The van der Waals surface area contributed by atoms with Gasteiger partial charge in [-0.1, -0.05) is 13.3 Å². The molecule has 0 aliphatic carbocycles. The monoisotopic (exact) mass is 158 g/mol. The van der Waals surface area contributed by atoms with Gasteiger partial charge in [0.1, 0.15) is 5.70 Å². The Kier molecular flexibility index (Phi) is 4.98. The van der Waals surface area contributed by atoms with Crippen molar-refractivity contribution in [1.82, 2.24) is 0 Å². The highest BCUT2D eigenvalue weighted by Crippen LogP contribution is 1.91. The number of hydrogen-bond donors (Lipinski definition) is 2. The van der Waals surface area contributed by atoms with E-state index >= 15 is 0 Å². The maximum atomic E-state index is 10.8. The number of carbonyl (C=O) groups is 1. The average molecular weight is 158 g/mol. The Morgan fingerprint density at radius 2 is 2.27 bits per heavy atom. The molecule has 0 aliphatic heterocycles. The molecule has 0 aromatic rings. The summed E-state index contributed by atoms with van der Waals surface area (Å²) >= 11 is 0. The van der Waals surface area contributed by atoms with Gasteiger partial charge >= 0.3 is 5.97 Å². The second kappa shape index (κ2) is 5.58. The first-order chi connectivity index (χ1) is 5.22. The van der Waals surface area contributed by atoms with E-state index in [1.165, 1.54) is 0 Å². The molecule has 4 N–H and O–H groups in total. The molecule has 0 saturated heterocycles. The quantitative estimate of drug-likeness (QED) is 0.345. The van der Waals surface area contributed by atoms with Crippen LogP contribution in [0.25, 0.3) is 0 Å². The van der Waals surface area contributed by atoms with Crippen molar-refractivity contribution in [1.29, 1.82) is 0 Å². The van der Waals surface area contributed by atoms with E-state index in [4.69, 9.17) is 16.2 Å². The van der Waals surface area contributed by atoms with E-state index in [-0.39, 0.29) is 5.70 Å². The zero-order valence-corrected chi connectivity index (χ0v) is 6.67. The van der Waals surface area contributed by atoms with Crippen molar-refractivity contribution in [3.05, 3.63) is 11.9 Å². The van der Waals surface area contributed by atoms with E-state index < -0.39 is 5.97 Å². The van der Waals surface area contributed by atoms with E-state index in [0.717, 1.165) is 19.0 Å². The van der Waals surface area contributed by atoms with Crippen LogP contribution in [-0.2, 0) is 9.53 Å². The summed E-state index contributed by atoms with van der Waals surface area (Å²) < 4.78 is 4.72. The van der Waals surface area contributed by atoms with Gasteiger partial charge in [0.25, 0.3) is 0 Å². The highest BCUT2D eigenvalue weighted by Gasteiger charge is 2.03.